The van der Waals surface area contributed by atoms with E-state index in [1.54, 1.807) is 0 Å². The number of aromatic nitrogens is 8. The number of hydrogen-bond donors (Lipinski definition) is 8. The molecular weight excluding hydrogens is 1050 g/mol. The van der Waals surface area contributed by atoms with Gasteiger partial charge in [0.25, 0.3) is 17.4 Å². The topological polar surface area (TPSA) is 396 Å². The summed E-state index contributed by atoms with van der Waals surface area (Å²) in [6, 6.07) is 0. The van der Waals surface area contributed by atoms with E-state index in [0.717, 1.165) is 29.7 Å². The highest BCUT2D eigenvalue weighted by atomic mass is 32.7. The lowest BCUT2D eigenvalue weighted by atomic mass is 10.1. The van der Waals surface area contributed by atoms with Gasteiger partial charge in [0.05, 0.1) is 85.1 Å². The van der Waals surface area contributed by atoms with Crippen molar-refractivity contribution in [2.24, 2.45) is 0 Å². The molecule has 0 spiro atoms. The average molecular weight is 1100 g/mol. The lowest BCUT2D eigenvalue weighted by Crippen LogP contribution is -2.36. The van der Waals surface area contributed by atoms with Gasteiger partial charge in [-0.3, -0.25) is 61.1 Å². The van der Waals surface area contributed by atoms with Crippen molar-refractivity contribution in [1.29, 1.82) is 0 Å². The van der Waals surface area contributed by atoms with Crippen LogP contribution in [0.15, 0.2) is 35.9 Å². The number of carbonyl (C=O) groups is 4. The third-order valence-corrected chi connectivity index (χ3v) is 14.4. The average Bonchev–Trinajstić information content (AvgIpc) is 4.17. The van der Waals surface area contributed by atoms with Gasteiger partial charge in [-0.05, 0) is 0 Å². The summed E-state index contributed by atoms with van der Waals surface area (Å²) in [5, 5.41) is 28.2. The van der Waals surface area contributed by atoms with E-state index >= 15 is 0 Å². The van der Waals surface area contributed by atoms with Crippen LogP contribution in [0.3, 0.4) is 0 Å². The quantitative estimate of drug-likeness (QED) is 0.0210. The fraction of sp³-hybridized carbons (Fsp3) is 0.579. The lowest BCUT2D eigenvalue weighted by Gasteiger charge is -2.26. The Morgan fingerprint density at radius 3 is 2.01 bits per heavy atom. The van der Waals surface area contributed by atoms with Crippen LogP contribution in [0.2, 0.25) is 0 Å². The Morgan fingerprint density at radius 2 is 1.33 bits per heavy atom. The molecule has 10 unspecified atom stereocenters. The molecule has 8 rings (SSSR count). The third-order valence-electron chi connectivity index (χ3n) is 11.2. The molecule has 4 aromatic rings. The molecule has 398 valence electrons. The monoisotopic (exact) mass is 1100 g/mol. The van der Waals surface area contributed by atoms with Crippen LogP contribution in [0.1, 0.15) is 25.3 Å². The summed E-state index contributed by atoms with van der Waals surface area (Å²) in [5.41, 5.74) is 5.05. The molecule has 4 aliphatic heterocycles. The van der Waals surface area contributed by atoms with Crippen LogP contribution in [0, 0.1) is 0 Å². The number of ether oxygens (including phenoxy) is 6. The highest BCUT2D eigenvalue weighted by Crippen LogP contribution is 2.60. The first-order chi connectivity index (χ1) is 35.0. The number of nitrogen functional groups attached to an aromatic ring is 1. The van der Waals surface area contributed by atoms with Crippen molar-refractivity contribution < 1.29 is 85.0 Å². The first-order valence-corrected chi connectivity index (χ1v) is 27.7. The molecule has 31 nitrogen and oxygen atoms in total. The van der Waals surface area contributed by atoms with E-state index in [4.69, 9.17) is 52.2 Å². The number of nitrogens with zero attached hydrogens (tertiary/aromatic N) is 8. The van der Waals surface area contributed by atoms with Crippen molar-refractivity contribution in [3.8, 4) is 0 Å². The number of anilines is 2. The summed E-state index contributed by atoms with van der Waals surface area (Å²) in [6.07, 6.45) is -6.04. The van der Waals surface area contributed by atoms with E-state index in [2.05, 4.69) is 65.0 Å². The zero-order chi connectivity index (χ0) is 51.9. The minimum atomic E-state index is -4.50. The molecule has 2 bridgehead atoms. The molecule has 73 heavy (non-hydrogen) atoms. The molecule has 4 amide bonds. The van der Waals surface area contributed by atoms with Gasteiger partial charge in [0.2, 0.25) is 17.8 Å². The number of carbonyl (C=O) groups excluding carboxylic acids is 4. The Balaban J connectivity index is 0.768. The Hall–Kier alpha value is -4.80. The molecule has 3 saturated heterocycles. The van der Waals surface area contributed by atoms with E-state index in [1.165, 1.54) is 15.5 Å². The van der Waals surface area contributed by atoms with Crippen molar-refractivity contribution >= 4 is 95.8 Å². The predicted molar refractivity (Wildman–Crippen MR) is 253 cm³/mol. The number of amides is 4. The molecule has 0 radical (unpaired) electrons. The van der Waals surface area contributed by atoms with Crippen LogP contribution in [0.5, 0.6) is 0 Å². The van der Waals surface area contributed by atoms with E-state index < -0.39 is 99.2 Å². The van der Waals surface area contributed by atoms with Crippen molar-refractivity contribution in [2.45, 2.75) is 61.9 Å². The van der Waals surface area contributed by atoms with Crippen molar-refractivity contribution in [2.75, 3.05) is 90.2 Å². The Morgan fingerprint density at radius 1 is 0.740 bits per heavy atom. The lowest BCUT2D eigenvalue weighted by molar-refractivity contribution is -0.137. The zero-order valence-electron chi connectivity index (χ0n) is 38.2. The molecule has 4 aliphatic rings. The number of thiol groups is 2. The normalized spacial score (nSPS) is 28.6. The summed E-state index contributed by atoms with van der Waals surface area (Å²) in [5.74, 6) is -1.89. The molecule has 0 saturated carbocycles. The second kappa shape index (κ2) is 24.3. The molecule has 4 aromatic heterocycles. The van der Waals surface area contributed by atoms with Crippen LogP contribution >= 0.6 is 38.1 Å². The highest BCUT2D eigenvalue weighted by molar-refractivity contribution is 8.44. The molecule has 0 aliphatic carbocycles. The van der Waals surface area contributed by atoms with Crippen molar-refractivity contribution in [3.63, 3.8) is 0 Å². The standard InChI is InChI=1S/C38H50N12O19P2S2/c39-38-46-34-27(35(57)47-38)44-19-50(34)36-29(56)30-21(67-36)16-65-71(59,73)69-31-28(55)20(15-64-70(58,72)68-30)66-37(31)49-18-43-26-32(41-17-42-33(26)49)45-23(52)4-7-60-9-11-62-13-14-63-12-10-61-8-5-40-22(51)3-6-48-24(53)1-2-25(48)54/h1-2,17-21,28-31,36-37,55-56H,3-16H2,(H,40,51)(H,58,72)(H,59,73)(H3,39,46,47,57)(H,41,42,45,52). The molecule has 10 atom stereocenters. The number of imide groups is 1. The number of nitrogens with one attached hydrogen (secondary N) is 3. The van der Waals surface area contributed by atoms with E-state index in [1.807, 2.05) is 0 Å². The molecule has 8 heterocycles. The number of fused-ring (bicyclic) bond motifs is 5. The summed E-state index contributed by atoms with van der Waals surface area (Å²) in [7, 11) is 0. The Bertz CT molecular complexity index is 2820. The van der Waals surface area contributed by atoms with Crippen LogP contribution in [-0.2, 0) is 74.8 Å². The minimum absolute atomic E-state index is 0.00527. The second-order valence-corrected chi connectivity index (χ2v) is 21.9. The zero-order valence-corrected chi connectivity index (χ0v) is 41.8. The smallest absolute Gasteiger partial charge is 0.386 e. The van der Waals surface area contributed by atoms with Crippen LogP contribution in [-0.4, -0.2) is 194 Å². The van der Waals surface area contributed by atoms with Crippen molar-refractivity contribution in [3.05, 3.63) is 41.5 Å². The van der Waals surface area contributed by atoms with E-state index in [0.29, 0.717) is 13.2 Å². The largest absolute Gasteiger partial charge is 0.387 e. The van der Waals surface area contributed by atoms with Gasteiger partial charge in [0.15, 0.2) is 40.6 Å². The Labute approximate surface area is 422 Å². The van der Waals surface area contributed by atoms with Gasteiger partial charge in [-0.1, -0.05) is 24.5 Å². The fourth-order valence-electron chi connectivity index (χ4n) is 7.71. The van der Waals surface area contributed by atoms with Crippen molar-refractivity contribution in [1.82, 2.24) is 49.3 Å². The summed E-state index contributed by atoms with van der Waals surface area (Å²) in [4.78, 5) is 84.5. The number of nitrogens with two attached hydrogens (primary N) is 1. The first-order valence-electron chi connectivity index (χ1n) is 22.3. The number of imidazole rings is 2. The van der Waals surface area contributed by atoms with E-state index in [9.17, 15) is 43.3 Å². The Kier molecular flexibility index (Phi) is 18.1. The van der Waals surface area contributed by atoms with Gasteiger partial charge in [0, 0.05) is 31.7 Å². The summed E-state index contributed by atoms with van der Waals surface area (Å²) >= 11 is 8.23. The number of aliphatic hydroxyl groups excluding tert-OH is 2. The third kappa shape index (κ3) is 13.5. The molecule has 7 N–H and O–H groups in total. The number of hydrogen-bond acceptors (Lipinski definition) is 25. The molecule has 0 aromatic carbocycles. The summed E-state index contributed by atoms with van der Waals surface area (Å²) < 4.78 is 86.6. The molecule has 35 heteroatoms. The number of aliphatic hydroxyl groups is 2. The second-order valence-electron chi connectivity index (χ2n) is 16.1. The number of aromatic amines is 1. The SMILES string of the molecule is Nc1nc2c(ncn2C2OC3COP(=O)(S)OC4C(O)C(COP(=O)(S)OC3C2O)OC4n2cnc3c(NC(=O)CCOCCOCCOCCOCCNC(=O)CCN4C(=O)C=CC4=O)ncnc32)c(=O)[nH]1. The van der Waals surface area contributed by atoms with Gasteiger partial charge in [-0.25, -0.2) is 29.1 Å². The van der Waals surface area contributed by atoms with Gasteiger partial charge in [0.1, 0.15) is 43.0 Å². The van der Waals surface area contributed by atoms with Crippen LogP contribution in [0.4, 0.5) is 11.8 Å². The maximum absolute atomic E-state index is 13.9. The van der Waals surface area contributed by atoms with Gasteiger partial charge in [-0.2, -0.15) is 4.98 Å². The van der Waals surface area contributed by atoms with Gasteiger partial charge < -0.3 is 55.0 Å². The highest BCUT2D eigenvalue weighted by Gasteiger charge is 2.53. The van der Waals surface area contributed by atoms with Gasteiger partial charge in [-0.15, -0.1) is 0 Å². The maximum atomic E-state index is 13.9. The van der Waals surface area contributed by atoms with E-state index in [-0.39, 0.29) is 106 Å². The number of rotatable bonds is 21. The summed E-state index contributed by atoms with van der Waals surface area (Å²) in [6.45, 7) is -8.11. The fourth-order valence-corrected chi connectivity index (χ4v) is 10.7. The minimum Gasteiger partial charge on any atom is -0.387 e. The first kappa shape index (κ1) is 54.5. The van der Waals surface area contributed by atoms with Gasteiger partial charge >= 0.3 is 13.6 Å². The van der Waals surface area contributed by atoms with Crippen LogP contribution in [0.25, 0.3) is 22.3 Å². The number of H-pyrrole nitrogens is 1. The van der Waals surface area contributed by atoms with Crippen LogP contribution < -0.4 is 21.9 Å². The maximum Gasteiger partial charge on any atom is 0.386 e. The molecular formula is C38H50N12O19P2S2. The predicted octanol–water partition coefficient (Wildman–Crippen LogP) is -1.22. The molecule has 3 fully saturated rings.